The average Bonchev–Trinajstić information content (AvgIpc) is 3.08. The van der Waals surface area contributed by atoms with Crippen molar-refractivity contribution in [2.75, 3.05) is 18.9 Å². The van der Waals surface area contributed by atoms with E-state index in [1.54, 1.807) is 43.5 Å². The Morgan fingerprint density at radius 3 is 2.27 bits per heavy atom. The summed E-state index contributed by atoms with van der Waals surface area (Å²) in [7, 11) is -0.745. The maximum absolute atomic E-state index is 12.6. The Morgan fingerprint density at radius 1 is 1.00 bits per heavy atom. The van der Waals surface area contributed by atoms with Crippen molar-refractivity contribution in [2.45, 2.75) is 11.8 Å². The average molecular weight is 374 g/mol. The summed E-state index contributed by atoms with van der Waals surface area (Å²) in [6.45, 7) is 1.75. The number of ether oxygens (including phenoxy) is 2. The summed E-state index contributed by atoms with van der Waals surface area (Å²) in [5.74, 6) is 2.08. The van der Waals surface area contributed by atoms with Crippen LogP contribution in [0.1, 0.15) is 5.89 Å². The fourth-order valence-corrected chi connectivity index (χ4v) is 3.46. The highest BCUT2D eigenvalue weighted by atomic mass is 32.2. The minimum Gasteiger partial charge on any atom is -0.493 e. The minimum absolute atomic E-state index is 0.132. The second-order valence-corrected chi connectivity index (χ2v) is 7.13. The van der Waals surface area contributed by atoms with Crippen LogP contribution in [0.25, 0.3) is 11.3 Å². The van der Waals surface area contributed by atoms with Crippen molar-refractivity contribution in [2.24, 2.45) is 0 Å². The fourth-order valence-electron chi connectivity index (χ4n) is 2.41. The minimum atomic E-state index is -3.74. The summed E-state index contributed by atoms with van der Waals surface area (Å²) in [5, 5.41) is 0. The third kappa shape index (κ3) is 3.65. The highest BCUT2D eigenvalue weighted by molar-refractivity contribution is 7.92. The maximum atomic E-state index is 12.6. The van der Waals surface area contributed by atoms with E-state index in [9.17, 15) is 8.42 Å². The molecule has 0 saturated heterocycles. The van der Waals surface area contributed by atoms with Crippen molar-refractivity contribution in [3.05, 3.63) is 54.6 Å². The van der Waals surface area contributed by atoms with E-state index in [1.807, 2.05) is 0 Å². The summed E-state index contributed by atoms with van der Waals surface area (Å²) in [4.78, 5) is 4.16. The van der Waals surface area contributed by atoms with Gasteiger partial charge in [0.25, 0.3) is 10.0 Å². The molecule has 1 aromatic heterocycles. The molecule has 0 amide bonds. The second-order valence-electron chi connectivity index (χ2n) is 5.44. The van der Waals surface area contributed by atoms with Crippen LogP contribution in [0.5, 0.6) is 11.5 Å². The van der Waals surface area contributed by atoms with Crippen molar-refractivity contribution >= 4 is 15.7 Å². The van der Waals surface area contributed by atoms with E-state index in [1.165, 1.54) is 26.4 Å². The van der Waals surface area contributed by atoms with E-state index in [0.717, 1.165) is 5.56 Å². The van der Waals surface area contributed by atoms with Crippen LogP contribution in [0, 0.1) is 6.92 Å². The third-order valence-corrected chi connectivity index (χ3v) is 5.10. The molecular weight excluding hydrogens is 356 g/mol. The number of anilines is 1. The molecule has 7 nitrogen and oxygen atoms in total. The Labute approximate surface area is 151 Å². The van der Waals surface area contributed by atoms with Crippen molar-refractivity contribution < 1.29 is 22.3 Å². The lowest BCUT2D eigenvalue weighted by Gasteiger charge is -2.12. The molecule has 3 aromatic rings. The lowest BCUT2D eigenvalue weighted by Crippen LogP contribution is -2.13. The molecule has 136 valence electrons. The number of hydrogen-bond acceptors (Lipinski definition) is 6. The zero-order valence-corrected chi connectivity index (χ0v) is 15.3. The zero-order chi connectivity index (χ0) is 18.7. The van der Waals surface area contributed by atoms with Crippen molar-refractivity contribution in [3.63, 3.8) is 0 Å². The standard InChI is InChI=1S/C18H18N2O5S/c1-12-19-11-18(25-12)13-4-7-15(8-5-13)26(21,22)20-14-6-9-16(23-2)17(10-14)24-3/h4-11,20H,1-3H3. The topological polar surface area (TPSA) is 90.7 Å². The first-order valence-corrected chi connectivity index (χ1v) is 9.19. The van der Waals surface area contributed by atoms with E-state index in [-0.39, 0.29) is 4.90 Å². The highest BCUT2D eigenvalue weighted by Crippen LogP contribution is 2.31. The van der Waals surface area contributed by atoms with Crippen molar-refractivity contribution in [3.8, 4) is 22.8 Å². The van der Waals surface area contributed by atoms with Crippen LogP contribution in [0.15, 0.2) is 58.0 Å². The predicted octanol–water partition coefficient (Wildman–Crippen LogP) is 3.47. The molecular formula is C18H18N2O5S. The number of aryl methyl sites for hydroxylation is 1. The predicted molar refractivity (Wildman–Crippen MR) is 97.0 cm³/mol. The van der Waals surface area contributed by atoms with Crippen LogP contribution in [-0.2, 0) is 10.0 Å². The second kappa shape index (κ2) is 7.09. The Balaban J connectivity index is 1.84. The molecule has 0 atom stereocenters. The van der Waals surface area contributed by atoms with Crippen LogP contribution in [0.4, 0.5) is 5.69 Å². The lowest BCUT2D eigenvalue weighted by molar-refractivity contribution is 0.355. The molecule has 0 saturated carbocycles. The van der Waals surface area contributed by atoms with Gasteiger partial charge in [0.2, 0.25) is 0 Å². The van der Waals surface area contributed by atoms with Gasteiger partial charge in [0.1, 0.15) is 0 Å². The molecule has 1 heterocycles. The first kappa shape index (κ1) is 17.8. The van der Waals surface area contributed by atoms with E-state index < -0.39 is 10.0 Å². The molecule has 8 heteroatoms. The third-order valence-electron chi connectivity index (χ3n) is 3.71. The Kier molecular flexibility index (Phi) is 4.85. The number of aromatic nitrogens is 1. The number of nitrogens with zero attached hydrogens (tertiary/aromatic N) is 1. The molecule has 0 aliphatic carbocycles. The normalized spacial score (nSPS) is 11.2. The van der Waals surface area contributed by atoms with Gasteiger partial charge in [-0.05, 0) is 36.4 Å². The molecule has 26 heavy (non-hydrogen) atoms. The Bertz CT molecular complexity index is 1010. The van der Waals surface area contributed by atoms with E-state index in [2.05, 4.69) is 9.71 Å². The molecule has 1 N–H and O–H groups in total. The number of rotatable bonds is 6. The van der Waals surface area contributed by atoms with E-state index in [0.29, 0.717) is 28.8 Å². The van der Waals surface area contributed by atoms with Gasteiger partial charge in [0, 0.05) is 18.6 Å². The van der Waals surface area contributed by atoms with Crippen LogP contribution >= 0.6 is 0 Å². The molecule has 0 aliphatic rings. The van der Waals surface area contributed by atoms with Gasteiger partial charge < -0.3 is 13.9 Å². The summed E-state index contributed by atoms with van der Waals surface area (Å²) < 4.78 is 43.5. The Morgan fingerprint density at radius 2 is 1.69 bits per heavy atom. The van der Waals surface area contributed by atoms with Crippen molar-refractivity contribution in [1.82, 2.24) is 4.98 Å². The van der Waals surface area contributed by atoms with Gasteiger partial charge in [-0.1, -0.05) is 0 Å². The molecule has 0 spiro atoms. The maximum Gasteiger partial charge on any atom is 0.261 e. The number of methoxy groups -OCH3 is 2. The van der Waals surface area contributed by atoms with Gasteiger partial charge >= 0.3 is 0 Å². The number of oxazole rings is 1. The molecule has 0 bridgehead atoms. The van der Waals surface area contributed by atoms with Crippen molar-refractivity contribution in [1.29, 1.82) is 0 Å². The van der Waals surface area contributed by atoms with Gasteiger partial charge in [0.15, 0.2) is 23.1 Å². The van der Waals surface area contributed by atoms with Gasteiger partial charge in [0.05, 0.1) is 31.0 Å². The molecule has 0 aliphatic heterocycles. The van der Waals surface area contributed by atoms with E-state index in [4.69, 9.17) is 13.9 Å². The molecule has 3 rings (SSSR count). The fraction of sp³-hybridized carbons (Fsp3) is 0.167. The Hall–Kier alpha value is -3.00. The molecule has 0 fully saturated rings. The van der Waals surface area contributed by atoms with Gasteiger partial charge in [-0.15, -0.1) is 0 Å². The van der Waals surface area contributed by atoms with Crippen LogP contribution in [0.2, 0.25) is 0 Å². The first-order chi connectivity index (χ1) is 12.4. The van der Waals surface area contributed by atoms with E-state index >= 15 is 0 Å². The molecule has 2 aromatic carbocycles. The first-order valence-electron chi connectivity index (χ1n) is 7.70. The number of nitrogens with one attached hydrogen (secondary N) is 1. The number of hydrogen-bond donors (Lipinski definition) is 1. The largest absolute Gasteiger partial charge is 0.493 e. The summed E-state index contributed by atoms with van der Waals surface area (Å²) in [6, 6.07) is 11.2. The lowest BCUT2D eigenvalue weighted by atomic mass is 10.2. The quantitative estimate of drug-likeness (QED) is 0.710. The zero-order valence-electron chi connectivity index (χ0n) is 14.5. The highest BCUT2D eigenvalue weighted by Gasteiger charge is 2.16. The SMILES string of the molecule is COc1ccc(NS(=O)(=O)c2ccc(-c3cnc(C)o3)cc2)cc1OC. The van der Waals surface area contributed by atoms with Crippen LogP contribution in [-0.4, -0.2) is 27.6 Å². The van der Waals surface area contributed by atoms with Gasteiger partial charge in [-0.2, -0.15) is 0 Å². The summed E-state index contributed by atoms with van der Waals surface area (Å²) >= 11 is 0. The number of benzene rings is 2. The monoisotopic (exact) mass is 374 g/mol. The number of sulfonamides is 1. The van der Waals surface area contributed by atoms with Gasteiger partial charge in [-0.25, -0.2) is 13.4 Å². The summed E-state index contributed by atoms with van der Waals surface area (Å²) in [5.41, 5.74) is 1.12. The molecule has 0 unspecified atom stereocenters. The van der Waals surface area contributed by atoms with Gasteiger partial charge in [-0.3, -0.25) is 4.72 Å². The smallest absolute Gasteiger partial charge is 0.261 e. The summed E-state index contributed by atoms with van der Waals surface area (Å²) in [6.07, 6.45) is 1.60. The van der Waals surface area contributed by atoms with Crippen LogP contribution < -0.4 is 14.2 Å². The van der Waals surface area contributed by atoms with Crippen LogP contribution in [0.3, 0.4) is 0 Å². The molecule has 0 radical (unpaired) electrons.